The number of fused-ring (bicyclic) bond motifs is 1. The lowest BCUT2D eigenvalue weighted by Crippen LogP contribution is -2.51. The number of hydrogen-bond donors (Lipinski definition) is 0. The minimum atomic E-state index is -1.18. The van der Waals surface area contributed by atoms with Crippen molar-refractivity contribution in [2.24, 2.45) is 11.8 Å². The summed E-state index contributed by atoms with van der Waals surface area (Å²) in [6, 6.07) is 6.87. The zero-order chi connectivity index (χ0) is 17.7. The van der Waals surface area contributed by atoms with E-state index in [1.807, 2.05) is 27.7 Å². The maximum Gasteiger partial charge on any atom is 0.351 e. The first-order valence-electron chi connectivity index (χ1n) is 8.14. The van der Waals surface area contributed by atoms with E-state index in [9.17, 15) is 9.59 Å². The molecule has 6 nitrogen and oxygen atoms in total. The number of carbonyl (C=O) groups is 2. The van der Waals surface area contributed by atoms with Gasteiger partial charge in [-0.15, -0.1) is 0 Å². The van der Waals surface area contributed by atoms with Gasteiger partial charge in [0.05, 0.1) is 13.2 Å². The van der Waals surface area contributed by atoms with Gasteiger partial charge in [0.2, 0.25) is 12.2 Å². The van der Waals surface area contributed by atoms with Crippen molar-refractivity contribution < 1.29 is 28.5 Å². The van der Waals surface area contributed by atoms with Crippen molar-refractivity contribution in [2.45, 2.75) is 39.9 Å². The highest BCUT2D eigenvalue weighted by Crippen LogP contribution is 2.34. The van der Waals surface area contributed by atoms with E-state index in [0.717, 1.165) is 0 Å². The average Bonchev–Trinajstić information content (AvgIpc) is 2.56. The highest BCUT2D eigenvalue weighted by Gasteiger charge is 2.44. The predicted octanol–water partition coefficient (Wildman–Crippen LogP) is 2.59. The van der Waals surface area contributed by atoms with Gasteiger partial charge >= 0.3 is 11.9 Å². The molecule has 2 atom stereocenters. The molecule has 24 heavy (non-hydrogen) atoms. The zero-order valence-electron chi connectivity index (χ0n) is 14.5. The normalized spacial score (nSPS) is 19.2. The molecule has 0 aliphatic carbocycles. The predicted molar refractivity (Wildman–Crippen MR) is 86.9 cm³/mol. The molecule has 1 aliphatic heterocycles. The molecule has 0 aromatic heterocycles. The van der Waals surface area contributed by atoms with Gasteiger partial charge in [0.15, 0.2) is 11.5 Å². The summed E-state index contributed by atoms with van der Waals surface area (Å²) in [4.78, 5) is 24.7. The highest BCUT2D eigenvalue weighted by atomic mass is 16.6. The van der Waals surface area contributed by atoms with E-state index < -0.39 is 24.1 Å². The topological polar surface area (TPSA) is 71.1 Å². The molecule has 2 rings (SSSR count). The number of ether oxygens (including phenoxy) is 4. The first-order valence-corrected chi connectivity index (χ1v) is 8.14. The molecular weight excluding hydrogens is 312 g/mol. The Kier molecular flexibility index (Phi) is 6.06. The number of benzene rings is 1. The molecule has 1 aromatic carbocycles. The number of rotatable bonds is 6. The van der Waals surface area contributed by atoms with Gasteiger partial charge < -0.3 is 18.9 Å². The van der Waals surface area contributed by atoms with Gasteiger partial charge in [0.1, 0.15) is 0 Å². The van der Waals surface area contributed by atoms with Crippen LogP contribution < -0.4 is 9.47 Å². The zero-order valence-corrected chi connectivity index (χ0v) is 14.5. The van der Waals surface area contributed by atoms with Crippen LogP contribution in [0.5, 0.6) is 11.5 Å². The van der Waals surface area contributed by atoms with E-state index in [1.165, 1.54) is 0 Å². The Morgan fingerprint density at radius 3 is 1.58 bits per heavy atom. The second-order valence-electron chi connectivity index (χ2n) is 6.57. The molecule has 1 aromatic rings. The molecule has 0 spiro atoms. The molecule has 2 unspecified atom stereocenters. The van der Waals surface area contributed by atoms with Crippen LogP contribution in [0.25, 0.3) is 0 Å². The second-order valence-corrected chi connectivity index (χ2v) is 6.57. The molecule has 132 valence electrons. The third-order valence-corrected chi connectivity index (χ3v) is 3.21. The van der Waals surface area contributed by atoms with E-state index in [1.54, 1.807) is 24.3 Å². The van der Waals surface area contributed by atoms with Gasteiger partial charge in [-0.2, -0.15) is 0 Å². The van der Waals surface area contributed by atoms with Crippen LogP contribution in [0, 0.1) is 11.8 Å². The summed E-state index contributed by atoms with van der Waals surface area (Å²) in [6.07, 6.45) is -2.36. The summed E-state index contributed by atoms with van der Waals surface area (Å²) < 4.78 is 21.8. The van der Waals surface area contributed by atoms with Crippen LogP contribution in [0.2, 0.25) is 0 Å². The lowest BCUT2D eigenvalue weighted by atomic mass is 10.1. The van der Waals surface area contributed by atoms with E-state index >= 15 is 0 Å². The summed E-state index contributed by atoms with van der Waals surface area (Å²) in [7, 11) is 0. The fourth-order valence-electron chi connectivity index (χ4n) is 2.05. The summed E-state index contributed by atoms with van der Waals surface area (Å²) >= 11 is 0. The van der Waals surface area contributed by atoms with Gasteiger partial charge in [0.25, 0.3) is 0 Å². The monoisotopic (exact) mass is 336 g/mol. The van der Waals surface area contributed by atoms with Crippen LogP contribution in [-0.2, 0) is 19.1 Å². The maximum atomic E-state index is 12.3. The first kappa shape index (κ1) is 18.1. The van der Waals surface area contributed by atoms with Gasteiger partial charge in [0, 0.05) is 0 Å². The van der Waals surface area contributed by atoms with E-state index in [2.05, 4.69) is 0 Å². The molecule has 1 heterocycles. The Balaban J connectivity index is 2.16. The molecule has 0 bridgehead atoms. The van der Waals surface area contributed by atoms with Crippen molar-refractivity contribution in [3.8, 4) is 11.5 Å². The van der Waals surface area contributed by atoms with Crippen LogP contribution >= 0.6 is 0 Å². The molecule has 1 aliphatic rings. The standard InChI is InChI=1S/C18H24O6/c1-11(2)9-21-17(19)15-16(18(20)22-10-12(3)4)24-14-8-6-5-7-13(14)23-15/h5-8,11-12,15-16H,9-10H2,1-4H3. The molecule has 0 saturated heterocycles. The van der Waals surface area contributed by atoms with Crippen LogP contribution in [0.4, 0.5) is 0 Å². The van der Waals surface area contributed by atoms with E-state index in [-0.39, 0.29) is 25.0 Å². The van der Waals surface area contributed by atoms with Gasteiger partial charge in [-0.05, 0) is 24.0 Å². The molecule has 0 N–H and O–H groups in total. The smallest absolute Gasteiger partial charge is 0.351 e. The van der Waals surface area contributed by atoms with Crippen molar-refractivity contribution in [1.82, 2.24) is 0 Å². The molecule has 0 fully saturated rings. The van der Waals surface area contributed by atoms with Crippen LogP contribution in [0.1, 0.15) is 27.7 Å². The lowest BCUT2D eigenvalue weighted by molar-refractivity contribution is -0.172. The Labute approximate surface area is 142 Å². The number of hydrogen-bond acceptors (Lipinski definition) is 6. The third-order valence-electron chi connectivity index (χ3n) is 3.21. The average molecular weight is 336 g/mol. The van der Waals surface area contributed by atoms with Crippen LogP contribution in [0.3, 0.4) is 0 Å². The number of carbonyl (C=O) groups excluding carboxylic acids is 2. The van der Waals surface area contributed by atoms with Crippen molar-refractivity contribution in [1.29, 1.82) is 0 Å². The molecular formula is C18H24O6. The first-order chi connectivity index (χ1) is 11.4. The van der Waals surface area contributed by atoms with Crippen molar-refractivity contribution in [3.05, 3.63) is 24.3 Å². The summed E-state index contributed by atoms with van der Waals surface area (Å²) in [6.45, 7) is 8.19. The fourth-order valence-corrected chi connectivity index (χ4v) is 2.05. The number of esters is 2. The Morgan fingerprint density at radius 2 is 1.25 bits per heavy atom. The molecule has 0 saturated carbocycles. The van der Waals surface area contributed by atoms with Gasteiger partial charge in [-0.25, -0.2) is 9.59 Å². The SMILES string of the molecule is CC(C)COC(=O)C1Oc2ccccc2OC1C(=O)OCC(C)C. The van der Waals surface area contributed by atoms with Gasteiger partial charge in [-0.3, -0.25) is 0 Å². The molecule has 6 heteroatoms. The van der Waals surface area contributed by atoms with Gasteiger partial charge in [-0.1, -0.05) is 39.8 Å². The molecule has 0 amide bonds. The van der Waals surface area contributed by atoms with Crippen molar-refractivity contribution >= 4 is 11.9 Å². The van der Waals surface area contributed by atoms with Crippen molar-refractivity contribution in [3.63, 3.8) is 0 Å². The summed E-state index contributed by atoms with van der Waals surface area (Å²) in [5, 5.41) is 0. The molecule has 0 radical (unpaired) electrons. The summed E-state index contributed by atoms with van der Waals surface area (Å²) in [5.41, 5.74) is 0. The third kappa shape index (κ3) is 4.63. The Bertz CT molecular complexity index is 530. The van der Waals surface area contributed by atoms with Crippen molar-refractivity contribution in [2.75, 3.05) is 13.2 Å². The quantitative estimate of drug-likeness (QED) is 0.744. The van der Waals surface area contributed by atoms with E-state index in [0.29, 0.717) is 11.5 Å². The Hall–Kier alpha value is -2.24. The lowest BCUT2D eigenvalue weighted by Gasteiger charge is -2.31. The van der Waals surface area contributed by atoms with Crippen LogP contribution in [0.15, 0.2) is 24.3 Å². The fraction of sp³-hybridized carbons (Fsp3) is 0.556. The Morgan fingerprint density at radius 1 is 0.875 bits per heavy atom. The highest BCUT2D eigenvalue weighted by molar-refractivity contribution is 5.87. The number of para-hydroxylation sites is 2. The minimum Gasteiger partial charge on any atom is -0.470 e. The second kappa shape index (κ2) is 8.04. The summed E-state index contributed by atoms with van der Waals surface area (Å²) in [5.74, 6) is -0.114. The van der Waals surface area contributed by atoms with Crippen LogP contribution in [-0.4, -0.2) is 37.4 Å². The minimum absolute atomic E-state index is 0.178. The largest absolute Gasteiger partial charge is 0.470 e. The van der Waals surface area contributed by atoms with E-state index in [4.69, 9.17) is 18.9 Å². The maximum absolute atomic E-state index is 12.3.